The number of esters is 3. The van der Waals surface area contributed by atoms with Crippen molar-refractivity contribution < 1.29 is 43.2 Å². The van der Waals surface area contributed by atoms with Gasteiger partial charge in [-0.05, 0) is 12.1 Å². The third kappa shape index (κ3) is 5.66. The van der Waals surface area contributed by atoms with E-state index in [2.05, 4.69) is 0 Å². The van der Waals surface area contributed by atoms with Gasteiger partial charge in [0.05, 0.1) is 6.61 Å². The van der Waals surface area contributed by atoms with Crippen LogP contribution in [0.25, 0.3) is 0 Å². The summed E-state index contributed by atoms with van der Waals surface area (Å²) in [5.74, 6) is -1.63. The van der Waals surface area contributed by atoms with Gasteiger partial charge in [0.25, 0.3) is 0 Å². The Balaban J connectivity index is 2.38. The van der Waals surface area contributed by atoms with E-state index < -0.39 is 55.2 Å². The number of aliphatic hydroxyl groups is 1. The third-order valence-electron chi connectivity index (χ3n) is 3.67. The van der Waals surface area contributed by atoms with Gasteiger partial charge in [-0.2, -0.15) is 0 Å². The molecule has 0 spiro atoms. The second kappa shape index (κ2) is 9.33. The minimum absolute atomic E-state index is 0.406. The fourth-order valence-corrected chi connectivity index (χ4v) is 2.73. The SMILES string of the molecule is CC(=O)O[C@@H]1[C@@H](OC(C)=O)[C@H](Oc2ccccc2)O[C@H](CO)[C@H]1OC(C)=O. The molecule has 2 rings (SSSR count). The van der Waals surface area contributed by atoms with Crippen molar-refractivity contribution >= 4 is 17.9 Å². The maximum absolute atomic E-state index is 11.6. The van der Waals surface area contributed by atoms with Crippen LogP contribution in [0.5, 0.6) is 5.75 Å². The van der Waals surface area contributed by atoms with Gasteiger partial charge in [0, 0.05) is 20.8 Å². The van der Waals surface area contributed by atoms with Gasteiger partial charge in [-0.3, -0.25) is 14.4 Å². The Bertz CT molecular complexity index is 660. The molecule has 0 aromatic heterocycles. The molecule has 1 aromatic carbocycles. The number of aliphatic hydroxyl groups excluding tert-OH is 1. The molecule has 1 aromatic rings. The molecule has 0 bridgehead atoms. The zero-order chi connectivity index (χ0) is 20.0. The lowest BCUT2D eigenvalue weighted by Gasteiger charge is -2.43. The number of para-hydroxylation sites is 1. The highest BCUT2D eigenvalue weighted by molar-refractivity contribution is 5.68. The van der Waals surface area contributed by atoms with Crippen LogP contribution in [0.1, 0.15) is 20.8 Å². The molecule has 27 heavy (non-hydrogen) atoms. The summed E-state index contributed by atoms with van der Waals surface area (Å²) in [6.45, 7) is 2.94. The van der Waals surface area contributed by atoms with Crippen LogP contribution in [0.15, 0.2) is 30.3 Å². The number of carbonyl (C=O) groups excluding carboxylic acids is 3. The summed E-state index contributed by atoms with van der Waals surface area (Å²) < 4.78 is 27.1. The Labute approximate surface area is 156 Å². The summed E-state index contributed by atoms with van der Waals surface area (Å²) in [5.41, 5.74) is 0. The second-order valence-corrected chi connectivity index (χ2v) is 5.88. The topological polar surface area (TPSA) is 118 Å². The maximum Gasteiger partial charge on any atom is 0.303 e. The lowest BCUT2D eigenvalue weighted by molar-refractivity contribution is -0.287. The Morgan fingerprint density at radius 1 is 0.889 bits per heavy atom. The summed E-state index contributed by atoms with van der Waals surface area (Å²) in [6, 6.07) is 8.55. The van der Waals surface area contributed by atoms with E-state index in [4.69, 9.17) is 23.7 Å². The van der Waals surface area contributed by atoms with Crippen molar-refractivity contribution in [2.75, 3.05) is 6.61 Å². The minimum Gasteiger partial charge on any atom is -0.461 e. The van der Waals surface area contributed by atoms with E-state index >= 15 is 0 Å². The summed E-state index contributed by atoms with van der Waals surface area (Å²) in [5, 5.41) is 9.66. The van der Waals surface area contributed by atoms with Crippen molar-refractivity contribution in [3.63, 3.8) is 0 Å². The molecule has 9 nitrogen and oxygen atoms in total. The van der Waals surface area contributed by atoms with Crippen molar-refractivity contribution in [3.8, 4) is 5.75 Å². The Kier molecular flexibility index (Phi) is 7.14. The predicted molar refractivity (Wildman–Crippen MR) is 89.5 cm³/mol. The van der Waals surface area contributed by atoms with E-state index in [9.17, 15) is 19.5 Å². The molecule has 0 unspecified atom stereocenters. The highest BCUT2D eigenvalue weighted by Gasteiger charge is 2.52. The molecule has 0 radical (unpaired) electrons. The van der Waals surface area contributed by atoms with E-state index in [1.807, 2.05) is 0 Å². The second-order valence-electron chi connectivity index (χ2n) is 5.88. The van der Waals surface area contributed by atoms with Crippen molar-refractivity contribution in [2.45, 2.75) is 51.5 Å². The van der Waals surface area contributed by atoms with Crippen LogP contribution >= 0.6 is 0 Å². The molecule has 1 N–H and O–H groups in total. The van der Waals surface area contributed by atoms with Crippen LogP contribution in [-0.2, 0) is 33.3 Å². The molecule has 0 aliphatic carbocycles. The van der Waals surface area contributed by atoms with Gasteiger partial charge >= 0.3 is 17.9 Å². The summed E-state index contributed by atoms with van der Waals surface area (Å²) in [6.07, 6.45) is -5.89. The van der Waals surface area contributed by atoms with Crippen molar-refractivity contribution in [3.05, 3.63) is 30.3 Å². The Morgan fingerprint density at radius 3 is 1.93 bits per heavy atom. The molecule has 1 fully saturated rings. The van der Waals surface area contributed by atoms with Gasteiger partial charge in [-0.15, -0.1) is 0 Å². The molecular weight excluding hydrogens is 360 g/mol. The van der Waals surface area contributed by atoms with Gasteiger partial charge in [-0.25, -0.2) is 0 Å². The van der Waals surface area contributed by atoms with E-state index in [1.54, 1.807) is 30.3 Å². The Morgan fingerprint density at radius 2 is 1.41 bits per heavy atom. The average Bonchev–Trinajstić information content (AvgIpc) is 2.59. The molecule has 1 aliphatic rings. The highest BCUT2D eigenvalue weighted by atomic mass is 16.7. The molecule has 0 saturated carbocycles. The van der Waals surface area contributed by atoms with Gasteiger partial charge in [0.2, 0.25) is 12.4 Å². The zero-order valence-electron chi connectivity index (χ0n) is 15.2. The first kappa shape index (κ1) is 20.7. The fourth-order valence-electron chi connectivity index (χ4n) is 2.73. The third-order valence-corrected chi connectivity index (χ3v) is 3.67. The summed E-state index contributed by atoms with van der Waals surface area (Å²) in [7, 11) is 0. The van der Waals surface area contributed by atoms with Gasteiger partial charge in [-0.1, -0.05) is 18.2 Å². The zero-order valence-corrected chi connectivity index (χ0v) is 15.2. The minimum atomic E-state index is -1.23. The molecule has 1 saturated heterocycles. The first-order valence-electron chi connectivity index (χ1n) is 8.31. The smallest absolute Gasteiger partial charge is 0.303 e. The predicted octanol–water partition coefficient (Wildman–Crippen LogP) is 0.578. The molecule has 0 amide bonds. The van der Waals surface area contributed by atoms with E-state index in [-0.39, 0.29) is 0 Å². The number of carbonyl (C=O) groups is 3. The number of hydrogen-bond acceptors (Lipinski definition) is 9. The van der Waals surface area contributed by atoms with Gasteiger partial charge < -0.3 is 28.8 Å². The van der Waals surface area contributed by atoms with Gasteiger partial charge in [0.15, 0.2) is 12.2 Å². The van der Waals surface area contributed by atoms with Crippen molar-refractivity contribution in [2.24, 2.45) is 0 Å². The van der Waals surface area contributed by atoms with Crippen LogP contribution in [0.2, 0.25) is 0 Å². The van der Waals surface area contributed by atoms with Crippen molar-refractivity contribution in [1.82, 2.24) is 0 Å². The molecule has 148 valence electrons. The first-order valence-corrected chi connectivity index (χ1v) is 8.31. The lowest BCUT2D eigenvalue weighted by Crippen LogP contribution is -2.63. The average molecular weight is 382 g/mol. The Hall–Kier alpha value is -2.65. The summed E-state index contributed by atoms with van der Waals surface area (Å²) >= 11 is 0. The van der Waals surface area contributed by atoms with E-state index in [0.29, 0.717) is 5.75 Å². The standard InChI is InChI=1S/C18H22O9/c1-10(20)23-15-14(9-19)27-18(26-13-7-5-4-6-8-13)17(25-12(3)22)16(15)24-11(2)21/h4-8,14-19H,9H2,1-3H3/t14-,15-,16+,17-,18-/m1/s1. The molecule has 5 atom stereocenters. The van der Waals surface area contributed by atoms with E-state index in [0.717, 1.165) is 13.8 Å². The fraction of sp³-hybridized carbons (Fsp3) is 0.500. The van der Waals surface area contributed by atoms with Crippen LogP contribution in [0, 0.1) is 0 Å². The van der Waals surface area contributed by atoms with Crippen LogP contribution < -0.4 is 4.74 Å². The van der Waals surface area contributed by atoms with Crippen LogP contribution in [0.3, 0.4) is 0 Å². The number of ether oxygens (including phenoxy) is 5. The molecule has 9 heteroatoms. The molecular formula is C18H22O9. The molecule has 1 aliphatic heterocycles. The number of hydrogen-bond donors (Lipinski definition) is 1. The number of benzene rings is 1. The monoisotopic (exact) mass is 382 g/mol. The van der Waals surface area contributed by atoms with E-state index in [1.165, 1.54) is 6.92 Å². The first-order chi connectivity index (χ1) is 12.8. The lowest BCUT2D eigenvalue weighted by atomic mass is 9.98. The quantitative estimate of drug-likeness (QED) is 0.557. The van der Waals surface area contributed by atoms with Crippen LogP contribution in [-0.4, -0.2) is 60.3 Å². The normalized spacial score (nSPS) is 27.3. The number of rotatable bonds is 6. The largest absolute Gasteiger partial charge is 0.461 e. The van der Waals surface area contributed by atoms with Gasteiger partial charge in [0.1, 0.15) is 11.9 Å². The highest BCUT2D eigenvalue weighted by Crippen LogP contribution is 2.30. The maximum atomic E-state index is 11.6. The van der Waals surface area contributed by atoms with Crippen LogP contribution in [0.4, 0.5) is 0 Å². The van der Waals surface area contributed by atoms with Crippen molar-refractivity contribution in [1.29, 1.82) is 0 Å². The molecule has 1 heterocycles. The summed E-state index contributed by atoms with van der Waals surface area (Å²) in [4.78, 5) is 34.6.